The van der Waals surface area contributed by atoms with Crippen molar-refractivity contribution in [3.8, 4) is 0 Å². The maximum Gasteiger partial charge on any atom is 0.227 e. The monoisotopic (exact) mass is 268 g/mol. The van der Waals surface area contributed by atoms with E-state index < -0.39 is 0 Å². The molecule has 19 heavy (non-hydrogen) atoms. The van der Waals surface area contributed by atoms with Crippen LogP contribution in [0, 0.1) is 5.41 Å². The van der Waals surface area contributed by atoms with Crippen LogP contribution in [0.1, 0.15) is 58.3 Å². The second-order valence-electron chi connectivity index (χ2n) is 6.29. The fourth-order valence-electron chi connectivity index (χ4n) is 3.53. The minimum absolute atomic E-state index is 0.158. The fraction of sp³-hybridized carbons (Fsp3) is 0.933. The highest BCUT2D eigenvalue weighted by Crippen LogP contribution is 2.32. The number of carbonyl (C=O) groups excluding carboxylic acids is 1. The smallest absolute Gasteiger partial charge is 0.227 e. The Bertz CT molecular complexity index is 287. The zero-order chi connectivity index (χ0) is 13.7. The molecule has 2 aliphatic rings. The minimum Gasteiger partial charge on any atom is -0.393 e. The van der Waals surface area contributed by atoms with Crippen LogP contribution in [-0.2, 0) is 4.79 Å². The Morgan fingerprint density at radius 1 is 1.37 bits per heavy atom. The lowest BCUT2D eigenvalue weighted by Gasteiger charge is -2.38. The molecular formula is C15H28N2O2. The molecule has 1 atom stereocenters. The summed E-state index contributed by atoms with van der Waals surface area (Å²) in [7, 11) is 0. The quantitative estimate of drug-likeness (QED) is 0.725. The summed E-state index contributed by atoms with van der Waals surface area (Å²) in [6.07, 6.45) is 7.46. The van der Waals surface area contributed by atoms with E-state index in [-0.39, 0.29) is 23.5 Å². The van der Waals surface area contributed by atoms with Crippen molar-refractivity contribution in [2.24, 2.45) is 5.41 Å². The molecule has 3 N–H and O–H groups in total. The van der Waals surface area contributed by atoms with Crippen LogP contribution in [0.25, 0.3) is 0 Å². The van der Waals surface area contributed by atoms with Gasteiger partial charge in [0.05, 0.1) is 11.5 Å². The summed E-state index contributed by atoms with van der Waals surface area (Å²) in [5.74, 6) is 0.239. The first-order chi connectivity index (χ1) is 9.16. The van der Waals surface area contributed by atoms with Gasteiger partial charge in [-0.3, -0.25) is 4.79 Å². The van der Waals surface area contributed by atoms with E-state index in [9.17, 15) is 9.90 Å². The van der Waals surface area contributed by atoms with Crippen LogP contribution in [0.5, 0.6) is 0 Å². The maximum atomic E-state index is 12.6. The Morgan fingerprint density at radius 3 is 2.68 bits per heavy atom. The Hall–Kier alpha value is -0.610. The van der Waals surface area contributed by atoms with Gasteiger partial charge < -0.3 is 15.7 Å². The SMILES string of the molecule is CCCC1(C(=O)NC2CCC(O)CC2)CCCNC1. The summed E-state index contributed by atoms with van der Waals surface area (Å²) < 4.78 is 0. The van der Waals surface area contributed by atoms with Gasteiger partial charge in [-0.2, -0.15) is 0 Å². The molecule has 0 radical (unpaired) electrons. The van der Waals surface area contributed by atoms with E-state index in [2.05, 4.69) is 17.6 Å². The second-order valence-corrected chi connectivity index (χ2v) is 6.29. The predicted octanol–water partition coefficient (Wildman–Crippen LogP) is 1.58. The number of hydrogen-bond donors (Lipinski definition) is 3. The van der Waals surface area contributed by atoms with Crippen molar-refractivity contribution in [3.63, 3.8) is 0 Å². The van der Waals surface area contributed by atoms with E-state index in [0.717, 1.165) is 64.5 Å². The van der Waals surface area contributed by atoms with Crippen molar-refractivity contribution in [2.75, 3.05) is 13.1 Å². The number of amides is 1. The van der Waals surface area contributed by atoms with Crippen LogP contribution in [0.15, 0.2) is 0 Å². The zero-order valence-corrected chi connectivity index (χ0v) is 12.1. The lowest BCUT2D eigenvalue weighted by atomic mass is 9.75. The molecule has 4 heteroatoms. The predicted molar refractivity (Wildman–Crippen MR) is 75.9 cm³/mol. The van der Waals surface area contributed by atoms with Gasteiger partial charge in [-0.05, 0) is 51.5 Å². The molecule has 0 spiro atoms. The Morgan fingerprint density at radius 2 is 2.11 bits per heavy atom. The van der Waals surface area contributed by atoms with Crippen molar-refractivity contribution in [1.29, 1.82) is 0 Å². The highest BCUT2D eigenvalue weighted by molar-refractivity contribution is 5.83. The maximum absolute atomic E-state index is 12.6. The summed E-state index contributed by atoms with van der Waals surface area (Å²) in [6.45, 7) is 4.01. The molecule has 2 rings (SSSR count). The van der Waals surface area contributed by atoms with Crippen LogP contribution in [-0.4, -0.2) is 36.2 Å². The number of hydrogen-bond acceptors (Lipinski definition) is 3. The molecule has 0 aromatic carbocycles. The molecular weight excluding hydrogens is 240 g/mol. The third-order valence-electron chi connectivity index (χ3n) is 4.71. The molecule has 0 aromatic rings. The normalized spacial score (nSPS) is 35.9. The van der Waals surface area contributed by atoms with Crippen molar-refractivity contribution < 1.29 is 9.90 Å². The average molecular weight is 268 g/mol. The summed E-state index contributed by atoms with van der Waals surface area (Å²) in [5, 5.41) is 16.2. The first kappa shape index (κ1) is 14.8. The summed E-state index contributed by atoms with van der Waals surface area (Å²) in [6, 6.07) is 0.270. The van der Waals surface area contributed by atoms with Gasteiger partial charge in [-0.15, -0.1) is 0 Å². The number of aliphatic hydroxyl groups excluding tert-OH is 1. The number of piperidine rings is 1. The topological polar surface area (TPSA) is 61.4 Å². The van der Waals surface area contributed by atoms with Gasteiger partial charge in [0.25, 0.3) is 0 Å². The van der Waals surface area contributed by atoms with Crippen molar-refractivity contribution in [3.05, 3.63) is 0 Å². The summed E-state index contributed by atoms with van der Waals surface area (Å²) >= 11 is 0. The molecule has 1 heterocycles. The van der Waals surface area contributed by atoms with Crippen LogP contribution >= 0.6 is 0 Å². The first-order valence-electron chi connectivity index (χ1n) is 7.86. The highest BCUT2D eigenvalue weighted by atomic mass is 16.3. The molecule has 2 fully saturated rings. The van der Waals surface area contributed by atoms with Gasteiger partial charge in [0.1, 0.15) is 0 Å². The minimum atomic E-state index is -0.191. The van der Waals surface area contributed by atoms with Crippen LogP contribution in [0.3, 0.4) is 0 Å². The molecule has 0 bridgehead atoms. The number of aliphatic hydroxyl groups is 1. The van der Waals surface area contributed by atoms with Crippen LogP contribution in [0.4, 0.5) is 0 Å². The summed E-state index contributed by atoms with van der Waals surface area (Å²) in [4.78, 5) is 12.6. The molecule has 1 aliphatic heterocycles. The molecule has 110 valence electrons. The van der Waals surface area contributed by atoms with Gasteiger partial charge in [0, 0.05) is 12.6 Å². The van der Waals surface area contributed by atoms with E-state index >= 15 is 0 Å². The molecule has 1 unspecified atom stereocenters. The van der Waals surface area contributed by atoms with E-state index in [4.69, 9.17) is 0 Å². The molecule has 0 aromatic heterocycles. The van der Waals surface area contributed by atoms with E-state index in [1.54, 1.807) is 0 Å². The third-order valence-corrected chi connectivity index (χ3v) is 4.71. The highest BCUT2D eigenvalue weighted by Gasteiger charge is 2.39. The zero-order valence-electron chi connectivity index (χ0n) is 12.1. The fourth-order valence-corrected chi connectivity index (χ4v) is 3.53. The molecule has 1 saturated heterocycles. The lowest BCUT2D eigenvalue weighted by molar-refractivity contribution is -0.133. The molecule has 1 aliphatic carbocycles. The van der Waals surface area contributed by atoms with Crippen molar-refractivity contribution >= 4 is 5.91 Å². The molecule has 4 nitrogen and oxygen atoms in total. The van der Waals surface area contributed by atoms with Gasteiger partial charge >= 0.3 is 0 Å². The van der Waals surface area contributed by atoms with E-state index in [1.807, 2.05) is 0 Å². The van der Waals surface area contributed by atoms with Gasteiger partial charge in [-0.1, -0.05) is 13.3 Å². The molecule has 1 amide bonds. The Labute approximate surface area is 116 Å². The number of rotatable bonds is 4. The number of carbonyl (C=O) groups is 1. The Kier molecular flexibility index (Phi) is 5.22. The third kappa shape index (κ3) is 3.69. The largest absolute Gasteiger partial charge is 0.393 e. The van der Waals surface area contributed by atoms with E-state index in [1.165, 1.54) is 0 Å². The van der Waals surface area contributed by atoms with Crippen molar-refractivity contribution in [2.45, 2.75) is 70.4 Å². The standard InChI is InChI=1S/C15H28N2O2/c1-2-8-15(9-3-10-16-11-15)14(19)17-12-4-6-13(18)7-5-12/h12-13,16,18H,2-11H2,1H3,(H,17,19). The van der Waals surface area contributed by atoms with Crippen LogP contribution in [0.2, 0.25) is 0 Å². The van der Waals surface area contributed by atoms with Gasteiger partial charge in [0.15, 0.2) is 0 Å². The van der Waals surface area contributed by atoms with Crippen molar-refractivity contribution in [1.82, 2.24) is 10.6 Å². The summed E-state index contributed by atoms with van der Waals surface area (Å²) in [5.41, 5.74) is -0.191. The Balaban J connectivity index is 1.92. The second kappa shape index (κ2) is 6.71. The van der Waals surface area contributed by atoms with Gasteiger partial charge in [-0.25, -0.2) is 0 Å². The molecule has 1 saturated carbocycles. The lowest BCUT2D eigenvalue weighted by Crippen LogP contribution is -2.53. The average Bonchev–Trinajstić information content (AvgIpc) is 2.43. The first-order valence-corrected chi connectivity index (χ1v) is 7.86. The van der Waals surface area contributed by atoms with E-state index in [0.29, 0.717) is 0 Å². The number of nitrogens with one attached hydrogen (secondary N) is 2. The van der Waals surface area contributed by atoms with Crippen LogP contribution < -0.4 is 10.6 Å². The van der Waals surface area contributed by atoms with Gasteiger partial charge in [0.2, 0.25) is 5.91 Å².